The lowest BCUT2D eigenvalue weighted by Gasteiger charge is -2.12. The Bertz CT molecular complexity index is 493. The molecule has 1 aliphatic rings. The zero-order chi connectivity index (χ0) is 12.5. The number of hydrogen-bond donors (Lipinski definition) is 2. The third kappa shape index (κ3) is 2.99. The molecule has 0 amide bonds. The minimum absolute atomic E-state index is 0.230. The van der Waals surface area contributed by atoms with Crippen LogP contribution < -0.4 is 10.0 Å². The van der Waals surface area contributed by atoms with Crippen molar-refractivity contribution in [3.8, 4) is 0 Å². The SMILES string of the molecule is O=S(=O)(N[C@H]1CCNC1)c1cc(F)cc(F)c1. The summed E-state index contributed by atoms with van der Waals surface area (Å²) in [5.41, 5.74) is 0. The lowest BCUT2D eigenvalue weighted by molar-refractivity contribution is 0.549. The first-order valence-electron chi connectivity index (χ1n) is 5.16. The van der Waals surface area contributed by atoms with Crippen molar-refractivity contribution in [3.63, 3.8) is 0 Å². The van der Waals surface area contributed by atoms with E-state index in [0.717, 1.165) is 18.7 Å². The lowest BCUT2D eigenvalue weighted by Crippen LogP contribution is -2.36. The molecule has 7 heteroatoms. The highest BCUT2D eigenvalue weighted by atomic mass is 32.2. The van der Waals surface area contributed by atoms with Crippen LogP contribution in [-0.4, -0.2) is 27.5 Å². The molecule has 2 rings (SSSR count). The Morgan fingerprint density at radius 3 is 2.41 bits per heavy atom. The van der Waals surface area contributed by atoms with Gasteiger partial charge in [0.05, 0.1) is 4.90 Å². The molecule has 0 spiro atoms. The summed E-state index contributed by atoms with van der Waals surface area (Å²) in [6.45, 7) is 1.25. The van der Waals surface area contributed by atoms with Crippen LogP contribution >= 0.6 is 0 Å². The first kappa shape index (κ1) is 12.4. The van der Waals surface area contributed by atoms with Gasteiger partial charge in [0.25, 0.3) is 0 Å². The Morgan fingerprint density at radius 1 is 1.24 bits per heavy atom. The van der Waals surface area contributed by atoms with Crippen LogP contribution in [0.2, 0.25) is 0 Å². The van der Waals surface area contributed by atoms with E-state index in [0.29, 0.717) is 19.0 Å². The first-order valence-corrected chi connectivity index (χ1v) is 6.65. The average molecular weight is 262 g/mol. The summed E-state index contributed by atoms with van der Waals surface area (Å²) in [6.07, 6.45) is 0.664. The topological polar surface area (TPSA) is 58.2 Å². The quantitative estimate of drug-likeness (QED) is 0.839. The molecule has 94 valence electrons. The molecule has 1 aromatic carbocycles. The summed E-state index contributed by atoms with van der Waals surface area (Å²) < 4.78 is 51.9. The third-order valence-electron chi connectivity index (χ3n) is 2.53. The second-order valence-corrected chi connectivity index (χ2v) is 5.63. The van der Waals surface area contributed by atoms with Gasteiger partial charge in [0, 0.05) is 18.7 Å². The van der Waals surface area contributed by atoms with Gasteiger partial charge in [-0.25, -0.2) is 21.9 Å². The largest absolute Gasteiger partial charge is 0.315 e. The van der Waals surface area contributed by atoms with Crippen molar-refractivity contribution in [2.75, 3.05) is 13.1 Å². The van der Waals surface area contributed by atoms with Crippen LogP contribution in [-0.2, 0) is 10.0 Å². The van der Waals surface area contributed by atoms with Gasteiger partial charge in [-0.05, 0) is 25.1 Å². The summed E-state index contributed by atoms with van der Waals surface area (Å²) >= 11 is 0. The predicted molar refractivity (Wildman–Crippen MR) is 58.0 cm³/mol. The lowest BCUT2D eigenvalue weighted by atomic mass is 10.3. The normalized spacial score (nSPS) is 20.7. The van der Waals surface area contributed by atoms with Gasteiger partial charge in [0.1, 0.15) is 11.6 Å². The van der Waals surface area contributed by atoms with E-state index in [4.69, 9.17) is 0 Å². The molecule has 0 aliphatic carbocycles. The Hall–Kier alpha value is -1.05. The molecule has 1 atom stereocenters. The fourth-order valence-corrected chi connectivity index (χ4v) is 3.04. The molecule has 1 aliphatic heterocycles. The maximum Gasteiger partial charge on any atom is 0.241 e. The third-order valence-corrected chi connectivity index (χ3v) is 4.03. The Morgan fingerprint density at radius 2 is 1.88 bits per heavy atom. The van der Waals surface area contributed by atoms with Gasteiger partial charge in [0.2, 0.25) is 10.0 Å². The van der Waals surface area contributed by atoms with Gasteiger partial charge in [-0.2, -0.15) is 0 Å². The summed E-state index contributed by atoms with van der Waals surface area (Å²) in [5.74, 6) is -1.81. The molecule has 0 unspecified atom stereocenters. The Labute approximate surface area is 98.1 Å². The molecule has 4 nitrogen and oxygen atoms in total. The zero-order valence-corrected chi connectivity index (χ0v) is 9.73. The van der Waals surface area contributed by atoms with Crippen LogP contribution in [0.15, 0.2) is 23.1 Å². The predicted octanol–water partition coefficient (Wildman–Crippen LogP) is 0.605. The summed E-state index contributed by atoms with van der Waals surface area (Å²) in [6, 6.07) is 2.00. The van der Waals surface area contributed by atoms with E-state index >= 15 is 0 Å². The number of benzene rings is 1. The smallest absolute Gasteiger partial charge is 0.241 e. The molecular weight excluding hydrogens is 250 g/mol. The molecular formula is C10H12F2N2O2S. The van der Waals surface area contributed by atoms with Gasteiger partial charge >= 0.3 is 0 Å². The second kappa shape index (κ2) is 4.67. The summed E-state index contributed by atoms with van der Waals surface area (Å²) in [4.78, 5) is -0.387. The minimum Gasteiger partial charge on any atom is -0.315 e. The van der Waals surface area contributed by atoms with Gasteiger partial charge < -0.3 is 5.32 Å². The molecule has 0 radical (unpaired) electrons. The van der Waals surface area contributed by atoms with Crippen LogP contribution in [0.25, 0.3) is 0 Å². The van der Waals surface area contributed by atoms with Crippen molar-refractivity contribution in [3.05, 3.63) is 29.8 Å². The van der Waals surface area contributed by atoms with Crippen LogP contribution in [0, 0.1) is 11.6 Å². The van der Waals surface area contributed by atoms with Crippen molar-refractivity contribution in [2.45, 2.75) is 17.4 Å². The Kier molecular flexibility index (Phi) is 3.41. The van der Waals surface area contributed by atoms with E-state index in [1.165, 1.54) is 0 Å². The molecule has 1 fully saturated rings. The maximum absolute atomic E-state index is 12.9. The molecule has 1 aromatic rings. The van der Waals surface area contributed by atoms with Gasteiger partial charge in [-0.15, -0.1) is 0 Å². The minimum atomic E-state index is -3.86. The van der Waals surface area contributed by atoms with Crippen LogP contribution in [0.3, 0.4) is 0 Å². The average Bonchev–Trinajstić information content (AvgIpc) is 2.68. The van der Waals surface area contributed by atoms with E-state index in [-0.39, 0.29) is 10.9 Å². The number of nitrogens with one attached hydrogen (secondary N) is 2. The second-order valence-electron chi connectivity index (χ2n) is 3.92. The van der Waals surface area contributed by atoms with E-state index in [1.54, 1.807) is 0 Å². The van der Waals surface area contributed by atoms with E-state index in [9.17, 15) is 17.2 Å². The first-order chi connectivity index (χ1) is 7.97. The maximum atomic E-state index is 12.9. The number of sulfonamides is 1. The summed E-state index contributed by atoms with van der Waals surface area (Å²) in [5, 5.41) is 2.99. The molecule has 17 heavy (non-hydrogen) atoms. The fraction of sp³-hybridized carbons (Fsp3) is 0.400. The van der Waals surface area contributed by atoms with E-state index in [1.807, 2.05) is 0 Å². The van der Waals surface area contributed by atoms with Crippen molar-refractivity contribution < 1.29 is 17.2 Å². The van der Waals surface area contributed by atoms with Gasteiger partial charge in [-0.3, -0.25) is 0 Å². The molecule has 0 aromatic heterocycles. The summed E-state index contributed by atoms with van der Waals surface area (Å²) in [7, 11) is -3.86. The van der Waals surface area contributed by atoms with Crippen molar-refractivity contribution in [2.24, 2.45) is 0 Å². The van der Waals surface area contributed by atoms with Crippen molar-refractivity contribution in [1.29, 1.82) is 0 Å². The van der Waals surface area contributed by atoms with E-state index in [2.05, 4.69) is 10.0 Å². The van der Waals surface area contributed by atoms with Crippen molar-refractivity contribution >= 4 is 10.0 Å². The molecule has 2 N–H and O–H groups in total. The molecule has 1 heterocycles. The van der Waals surface area contributed by atoms with Crippen LogP contribution in [0.4, 0.5) is 8.78 Å². The zero-order valence-electron chi connectivity index (χ0n) is 8.91. The standard InChI is InChI=1S/C10H12F2N2O2S/c11-7-3-8(12)5-10(4-7)17(15,16)14-9-1-2-13-6-9/h3-5,9,13-14H,1-2,6H2/t9-/m0/s1. The Balaban J connectivity index is 2.24. The fourth-order valence-electron chi connectivity index (χ4n) is 1.73. The highest BCUT2D eigenvalue weighted by Crippen LogP contribution is 2.14. The van der Waals surface area contributed by atoms with Gasteiger partial charge in [-0.1, -0.05) is 0 Å². The monoisotopic (exact) mass is 262 g/mol. The van der Waals surface area contributed by atoms with Crippen LogP contribution in [0.1, 0.15) is 6.42 Å². The molecule has 0 saturated carbocycles. The number of hydrogen-bond acceptors (Lipinski definition) is 3. The highest BCUT2D eigenvalue weighted by molar-refractivity contribution is 7.89. The van der Waals surface area contributed by atoms with Gasteiger partial charge in [0.15, 0.2) is 0 Å². The van der Waals surface area contributed by atoms with Crippen molar-refractivity contribution in [1.82, 2.24) is 10.0 Å². The number of halogens is 2. The van der Waals surface area contributed by atoms with Crippen LogP contribution in [0.5, 0.6) is 0 Å². The number of rotatable bonds is 3. The molecule has 0 bridgehead atoms. The highest BCUT2D eigenvalue weighted by Gasteiger charge is 2.23. The van der Waals surface area contributed by atoms with E-state index < -0.39 is 21.7 Å². The molecule has 1 saturated heterocycles.